The fraction of sp³-hybridized carbons (Fsp3) is 0.417. The van der Waals surface area contributed by atoms with Gasteiger partial charge in [-0.1, -0.05) is 94.3 Å². The molecule has 3 aromatic rings. The SMILES string of the molecule is CCCCCCCCCCc1cccc2cc3ccccc3[c]c12. The van der Waals surface area contributed by atoms with E-state index in [-0.39, 0.29) is 0 Å². The number of unbranched alkanes of at least 4 members (excludes halogenated alkanes) is 7. The third-order valence-corrected chi connectivity index (χ3v) is 5.01. The standard InChI is InChI=1S/C24H29/c1-2-3-4-5-6-7-8-9-13-20-16-12-17-23-18-21-14-10-11-15-22(21)19-24(20)23/h10-12,14-18H,2-9,13H2,1H3. The van der Waals surface area contributed by atoms with E-state index in [1.165, 1.54) is 84.9 Å². The Bertz CT molecular complexity index is 769. The van der Waals surface area contributed by atoms with E-state index >= 15 is 0 Å². The molecule has 3 rings (SSSR count). The van der Waals surface area contributed by atoms with Gasteiger partial charge in [-0.3, -0.25) is 0 Å². The molecule has 0 saturated heterocycles. The highest BCUT2D eigenvalue weighted by Gasteiger charge is 2.03. The Hall–Kier alpha value is -1.82. The van der Waals surface area contributed by atoms with E-state index < -0.39 is 0 Å². The molecule has 0 aliphatic carbocycles. The van der Waals surface area contributed by atoms with Crippen LogP contribution in [0.1, 0.15) is 63.9 Å². The summed E-state index contributed by atoms with van der Waals surface area (Å²) in [6.45, 7) is 2.28. The molecule has 1 radical (unpaired) electrons. The summed E-state index contributed by atoms with van der Waals surface area (Å²) in [4.78, 5) is 0. The van der Waals surface area contributed by atoms with Gasteiger partial charge in [0.05, 0.1) is 0 Å². The molecule has 0 amide bonds. The molecule has 0 fully saturated rings. The highest BCUT2D eigenvalue weighted by Crippen LogP contribution is 2.26. The van der Waals surface area contributed by atoms with E-state index in [0.29, 0.717) is 0 Å². The van der Waals surface area contributed by atoms with Gasteiger partial charge in [0.25, 0.3) is 0 Å². The van der Waals surface area contributed by atoms with Crippen LogP contribution in [-0.4, -0.2) is 0 Å². The Morgan fingerprint density at radius 2 is 1.42 bits per heavy atom. The van der Waals surface area contributed by atoms with Gasteiger partial charge in [0, 0.05) is 0 Å². The third-order valence-electron chi connectivity index (χ3n) is 5.01. The average molecular weight is 317 g/mol. The van der Waals surface area contributed by atoms with Gasteiger partial charge in [-0.2, -0.15) is 0 Å². The van der Waals surface area contributed by atoms with Crippen molar-refractivity contribution in [2.24, 2.45) is 0 Å². The van der Waals surface area contributed by atoms with E-state index in [1.54, 1.807) is 0 Å². The molecular weight excluding hydrogens is 288 g/mol. The van der Waals surface area contributed by atoms with Crippen molar-refractivity contribution in [3.63, 3.8) is 0 Å². The topological polar surface area (TPSA) is 0 Å². The van der Waals surface area contributed by atoms with Crippen molar-refractivity contribution in [1.82, 2.24) is 0 Å². The van der Waals surface area contributed by atoms with Crippen LogP contribution in [0.4, 0.5) is 0 Å². The number of benzene rings is 3. The van der Waals surface area contributed by atoms with Crippen molar-refractivity contribution in [2.45, 2.75) is 64.7 Å². The maximum absolute atomic E-state index is 3.65. The maximum Gasteiger partial charge on any atom is -0.00115 e. The minimum Gasteiger partial charge on any atom is -0.0654 e. The fourth-order valence-electron chi connectivity index (χ4n) is 3.59. The lowest BCUT2D eigenvalue weighted by atomic mass is 9.96. The highest BCUT2D eigenvalue weighted by molar-refractivity contribution is 5.98. The molecule has 0 aromatic heterocycles. The van der Waals surface area contributed by atoms with Crippen molar-refractivity contribution >= 4 is 21.5 Å². The van der Waals surface area contributed by atoms with Crippen molar-refractivity contribution in [1.29, 1.82) is 0 Å². The molecule has 0 aliphatic heterocycles. The predicted molar refractivity (Wildman–Crippen MR) is 107 cm³/mol. The first-order chi connectivity index (χ1) is 11.9. The largest absolute Gasteiger partial charge is 0.0654 e. The normalized spacial score (nSPS) is 11.4. The van der Waals surface area contributed by atoms with E-state index in [9.17, 15) is 0 Å². The first-order valence-corrected chi connectivity index (χ1v) is 9.71. The molecule has 3 aromatic carbocycles. The summed E-state index contributed by atoms with van der Waals surface area (Å²) in [7, 11) is 0. The number of rotatable bonds is 9. The van der Waals surface area contributed by atoms with E-state index in [1.807, 2.05) is 0 Å². The lowest BCUT2D eigenvalue weighted by molar-refractivity contribution is 0.576. The van der Waals surface area contributed by atoms with Gasteiger partial charge < -0.3 is 0 Å². The number of hydrogen-bond donors (Lipinski definition) is 0. The van der Waals surface area contributed by atoms with Crippen LogP contribution in [0.15, 0.2) is 48.5 Å². The zero-order chi connectivity index (χ0) is 16.6. The maximum atomic E-state index is 3.65. The van der Waals surface area contributed by atoms with Crippen LogP contribution in [0.2, 0.25) is 0 Å². The van der Waals surface area contributed by atoms with Crippen LogP contribution in [0.25, 0.3) is 21.5 Å². The number of hydrogen-bond acceptors (Lipinski definition) is 0. The quantitative estimate of drug-likeness (QED) is 0.283. The highest BCUT2D eigenvalue weighted by atomic mass is 14.1. The zero-order valence-corrected chi connectivity index (χ0v) is 15.0. The van der Waals surface area contributed by atoms with Gasteiger partial charge in [0.2, 0.25) is 0 Å². The number of aryl methyl sites for hydroxylation is 1. The van der Waals surface area contributed by atoms with Crippen molar-refractivity contribution < 1.29 is 0 Å². The lowest BCUT2D eigenvalue weighted by Gasteiger charge is -2.08. The van der Waals surface area contributed by atoms with Gasteiger partial charge >= 0.3 is 0 Å². The molecule has 0 heteroatoms. The second-order valence-electron chi connectivity index (χ2n) is 6.96. The third kappa shape index (κ3) is 4.38. The molecule has 0 atom stereocenters. The van der Waals surface area contributed by atoms with Crippen LogP contribution in [0, 0.1) is 6.07 Å². The van der Waals surface area contributed by atoms with Crippen LogP contribution in [-0.2, 0) is 6.42 Å². The summed E-state index contributed by atoms with van der Waals surface area (Å²) < 4.78 is 0. The van der Waals surface area contributed by atoms with E-state index in [2.05, 4.69) is 61.5 Å². The van der Waals surface area contributed by atoms with Crippen LogP contribution >= 0.6 is 0 Å². The van der Waals surface area contributed by atoms with Gasteiger partial charge in [0.1, 0.15) is 0 Å². The first kappa shape index (κ1) is 17.0. The average Bonchev–Trinajstić information content (AvgIpc) is 2.62. The minimum atomic E-state index is 1.18. The smallest absolute Gasteiger partial charge is 0.00115 e. The first-order valence-electron chi connectivity index (χ1n) is 9.71. The molecule has 24 heavy (non-hydrogen) atoms. The fourth-order valence-corrected chi connectivity index (χ4v) is 3.59. The zero-order valence-electron chi connectivity index (χ0n) is 15.0. The molecule has 125 valence electrons. The predicted octanol–water partition coefficient (Wildman–Crippen LogP) is 7.48. The Morgan fingerprint density at radius 1 is 0.708 bits per heavy atom. The minimum absolute atomic E-state index is 1.18. The van der Waals surface area contributed by atoms with Gasteiger partial charge in [0.15, 0.2) is 0 Å². The summed E-state index contributed by atoms with van der Waals surface area (Å²) >= 11 is 0. The summed E-state index contributed by atoms with van der Waals surface area (Å²) in [6, 6.07) is 21.2. The molecule has 0 bridgehead atoms. The molecule has 0 N–H and O–H groups in total. The molecular formula is C24H29. The van der Waals surface area contributed by atoms with Crippen molar-refractivity contribution in [3.8, 4) is 0 Å². The molecule has 0 aliphatic rings. The molecule has 0 heterocycles. The van der Waals surface area contributed by atoms with E-state index in [4.69, 9.17) is 0 Å². The van der Waals surface area contributed by atoms with Gasteiger partial charge in [-0.05, 0) is 52.1 Å². The summed E-state index contributed by atoms with van der Waals surface area (Å²) in [5, 5.41) is 5.16. The molecule has 0 saturated carbocycles. The Morgan fingerprint density at radius 3 is 2.25 bits per heavy atom. The lowest BCUT2D eigenvalue weighted by Crippen LogP contribution is -1.89. The second-order valence-corrected chi connectivity index (χ2v) is 6.96. The van der Waals surface area contributed by atoms with Crippen LogP contribution in [0.3, 0.4) is 0 Å². The van der Waals surface area contributed by atoms with Gasteiger partial charge in [-0.25, -0.2) is 0 Å². The second kappa shape index (κ2) is 8.87. The summed E-state index contributed by atoms with van der Waals surface area (Å²) in [5.41, 5.74) is 1.46. The van der Waals surface area contributed by atoms with Crippen LogP contribution < -0.4 is 0 Å². The Labute approximate surface area is 146 Å². The van der Waals surface area contributed by atoms with Crippen LogP contribution in [0.5, 0.6) is 0 Å². The van der Waals surface area contributed by atoms with Gasteiger partial charge in [-0.15, -0.1) is 0 Å². The Balaban J connectivity index is 1.59. The number of fused-ring (bicyclic) bond motifs is 2. The monoisotopic (exact) mass is 317 g/mol. The Kier molecular flexibility index (Phi) is 6.29. The van der Waals surface area contributed by atoms with Crippen molar-refractivity contribution in [2.75, 3.05) is 0 Å². The molecule has 0 spiro atoms. The molecule has 0 unspecified atom stereocenters. The van der Waals surface area contributed by atoms with E-state index in [0.717, 1.165) is 0 Å². The summed E-state index contributed by atoms with van der Waals surface area (Å²) in [6.07, 6.45) is 12.2. The van der Waals surface area contributed by atoms with Crippen molar-refractivity contribution in [3.05, 3.63) is 60.2 Å². The summed E-state index contributed by atoms with van der Waals surface area (Å²) in [5.74, 6) is 0. The molecule has 0 nitrogen and oxygen atoms in total.